The molecule has 0 saturated carbocycles. The number of hydrogen-bond donors (Lipinski definition) is 1. The number of rotatable bonds is 5. The molecule has 1 aromatic carbocycles. The minimum absolute atomic E-state index is 0.273. The Morgan fingerprint density at radius 3 is 2.22 bits per heavy atom. The molecule has 0 bridgehead atoms. The molecule has 2 heterocycles. The van der Waals surface area contributed by atoms with E-state index < -0.39 is 6.10 Å². The summed E-state index contributed by atoms with van der Waals surface area (Å²) < 4.78 is 12.9. The number of hydrogen-bond acceptors (Lipinski definition) is 4. The number of piperazine rings is 1. The van der Waals surface area contributed by atoms with Crippen molar-refractivity contribution in [3.05, 3.63) is 65.7 Å². The number of benzene rings is 1. The molecule has 0 aliphatic carbocycles. The quantitative estimate of drug-likeness (QED) is 0.917. The lowest BCUT2D eigenvalue weighted by Crippen LogP contribution is -2.47. The Bertz CT molecular complexity index is 597. The van der Waals surface area contributed by atoms with Gasteiger partial charge in [0.2, 0.25) is 0 Å². The van der Waals surface area contributed by atoms with Gasteiger partial charge in [0.1, 0.15) is 5.82 Å². The van der Waals surface area contributed by atoms with E-state index in [0.717, 1.165) is 38.3 Å². The van der Waals surface area contributed by atoms with E-state index >= 15 is 0 Å². The summed E-state index contributed by atoms with van der Waals surface area (Å²) in [5.74, 6) is -0.273. The number of pyridine rings is 1. The summed E-state index contributed by atoms with van der Waals surface area (Å²) >= 11 is 0. The van der Waals surface area contributed by atoms with Crippen molar-refractivity contribution in [3.8, 4) is 0 Å². The summed E-state index contributed by atoms with van der Waals surface area (Å²) in [6, 6.07) is 10.2. The summed E-state index contributed by atoms with van der Waals surface area (Å²) in [6.07, 6.45) is 3.08. The Labute approximate surface area is 136 Å². The lowest BCUT2D eigenvalue weighted by Gasteiger charge is -2.35. The Kier molecular flexibility index (Phi) is 5.33. The summed E-state index contributed by atoms with van der Waals surface area (Å²) in [6.45, 7) is 5.37. The van der Waals surface area contributed by atoms with Crippen LogP contribution in [0.1, 0.15) is 17.2 Å². The van der Waals surface area contributed by atoms with E-state index in [9.17, 15) is 9.50 Å². The maximum atomic E-state index is 12.9. The van der Waals surface area contributed by atoms with Crippen LogP contribution >= 0.6 is 0 Å². The lowest BCUT2D eigenvalue weighted by atomic mass is 10.1. The first kappa shape index (κ1) is 16.1. The van der Waals surface area contributed by atoms with Crippen LogP contribution in [0.15, 0.2) is 48.8 Å². The maximum Gasteiger partial charge on any atom is 0.123 e. The average molecular weight is 315 g/mol. The molecule has 0 spiro atoms. The SMILES string of the molecule is OC(CN1CCN(Cc2ccncc2)CC1)c1ccc(F)cc1. The fourth-order valence-electron chi connectivity index (χ4n) is 2.91. The molecular weight excluding hydrogens is 293 g/mol. The molecule has 1 unspecified atom stereocenters. The molecule has 0 radical (unpaired) electrons. The highest BCUT2D eigenvalue weighted by atomic mass is 19.1. The summed E-state index contributed by atoms with van der Waals surface area (Å²) in [7, 11) is 0. The number of nitrogens with zero attached hydrogens (tertiary/aromatic N) is 3. The average Bonchev–Trinajstić information content (AvgIpc) is 2.58. The van der Waals surface area contributed by atoms with Crippen LogP contribution in [0.25, 0.3) is 0 Å². The summed E-state index contributed by atoms with van der Waals surface area (Å²) in [5.41, 5.74) is 2.05. The van der Waals surface area contributed by atoms with E-state index in [2.05, 4.69) is 14.8 Å². The molecule has 5 heteroatoms. The molecule has 1 aromatic heterocycles. The fourth-order valence-corrected chi connectivity index (χ4v) is 2.91. The fraction of sp³-hybridized carbons (Fsp3) is 0.389. The number of aliphatic hydroxyl groups excluding tert-OH is 1. The maximum absolute atomic E-state index is 12.9. The molecule has 3 rings (SSSR count). The van der Waals surface area contributed by atoms with Crippen LogP contribution in [-0.4, -0.2) is 52.6 Å². The number of aliphatic hydroxyl groups is 1. The Morgan fingerprint density at radius 1 is 0.957 bits per heavy atom. The second-order valence-corrected chi connectivity index (χ2v) is 6.00. The molecule has 122 valence electrons. The zero-order valence-electron chi connectivity index (χ0n) is 13.1. The minimum Gasteiger partial charge on any atom is -0.387 e. The molecule has 1 aliphatic rings. The Balaban J connectivity index is 1.46. The molecule has 2 aromatic rings. The van der Waals surface area contributed by atoms with Crippen LogP contribution in [0.5, 0.6) is 0 Å². The van der Waals surface area contributed by atoms with Gasteiger partial charge in [0.25, 0.3) is 0 Å². The van der Waals surface area contributed by atoms with Crippen LogP contribution in [0, 0.1) is 5.82 Å². The first-order valence-corrected chi connectivity index (χ1v) is 7.98. The molecule has 0 amide bonds. The zero-order valence-corrected chi connectivity index (χ0v) is 13.1. The number of aromatic nitrogens is 1. The van der Waals surface area contributed by atoms with Crippen LogP contribution in [0.4, 0.5) is 4.39 Å². The largest absolute Gasteiger partial charge is 0.387 e. The van der Waals surface area contributed by atoms with Gasteiger partial charge < -0.3 is 5.11 Å². The first-order valence-electron chi connectivity index (χ1n) is 7.98. The lowest BCUT2D eigenvalue weighted by molar-refractivity contribution is 0.0701. The molecular formula is C18H22FN3O. The zero-order chi connectivity index (χ0) is 16.1. The second kappa shape index (κ2) is 7.64. The third kappa shape index (κ3) is 4.58. The van der Waals surface area contributed by atoms with Gasteiger partial charge in [0.15, 0.2) is 0 Å². The van der Waals surface area contributed by atoms with Crippen molar-refractivity contribution in [3.63, 3.8) is 0 Å². The van der Waals surface area contributed by atoms with E-state index in [4.69, 9.17) is 0 Å². The summed E-state index contributed by atoms with van der Waals surface area (Å²) in [5, 5.41) is 10.3. The van der Waals surface area contributed by atoms with Crippen molar-refractivity contribution in [1.29, 1.82) is 0 Å². The third-order valence-electron chi connectivity index (χ3n) is 4.31. The number of β-amino-alcohol motifs (C(OH)–C–C–N with tert-alkyl or cyclic N) is 1. The van der Waals surface area contributed by atoms with Crippen molar-refractivity contribution in [1.82, 2.24) is 14.8 Å². The number of halogens is 1. The second-order valence-electron chi connectivity index (χ2n) is 6.00. The molecule has 23 heavy (non-hydrogen) atoms. The standard InChI is InChI=1S/C18H22FN3O/c19-17-3-1-16(2-4-17)18(23)14-22-11-9-21(10-12-22)13-15-5-7-20-8-6-15/h1-8,18,23H,9-14H2. The van der Waals surface area contributed by atoms with Crippen LogP contribution in [0.2, 0.25) is 0 Å². The van der Waals surface area contributed by atoms with Crippen molar-refractivity contribution in [2.24, 2.45) is 0 Å². The normalized spacial score (nSPS) is 18.0. The van der Waals surface area contributed by atoms with E-state index in [1.54, 1.807) is 12.1 Å². The predicted octanol–water partition coefficient (Wildman–Crippen LogP) is 2.07. The smallest absolute Gasteiger partial charge is 0.123 e. The first-order chi connectivity index (χ1) is 11.2. The van der Waals surface area contributed by atoms with E-state index in [1.165, 1.54) is 17.7 Å². The van der Waals surface area contributed by atoms with Gasteiger partial charge in [-0.15, -0.1) is 0 Å². The van der Waals surface area contributed by atoms with Gasteiger partial charge in [-0.1, -0.05) is 12.1 Å². The molecule has 1 N–H and O–H groups in total. The predicted molar refractivity (Wildman–Crippen MR) is 87.3 cm³/mol. The van der Waals surface area contributed by atoms with Crippen LogP contribution in [-0.2, 0) is 6.54 Å². The van der Waals surface area contributed by atoms with Gasteiger partial charge in [-0.05, 0) is 35.4 Å². The van der Waals surface area contributed by atoms with Crippen molar-refractivity contribution < 1.29 is 9.50 Å². The van der Waals surface area contributed by atoms with Gasteiger partial charge >= 0.3 is 0 Å². The van der Waals surface area contributed by atoms with E-state index in [-0.39, 0.29) is 5.82 Å². The topological polar surface area (TPSA) is 39.6 Å². The minimum atomic E-state index is -0.567. The highest BCUT2D eigenvalue weighted by Gasteiger charge is 2.20. The Morgan fingerprint density at radius 2 is 1.57 bits per heavy atom. The highest BCUT2D eigenvalue weighted by molar-refractivity contribution is 5.18. The molecule has 1 saturated heterocycles. The summed E-state index contributed by atoms with van der Waals surface area (Å²) in [4.78, 5) is 8.71. The van der Waals surface area contributed by atoms with Gasteiger partial charge in [-0.25, -0.2) is 4.39 Å². The van der Waals surface area contributed by atoms with Crippen molar-refractivity contribution in [2.45, 2.75) is 12.6 Å². The molecule has 4 nitrogen and oxygen atoms in total. The van der Waals surface area contributed by atoms with Crippen LogP contribution in [0.3, 0.4) is 0 Å². The van der Waals surface area contributed by atoms with Crippen LogP contribution < -0.4 is 0 Å². The van der Waals surface area contributed by atoms with Gasteiger partial charge in [-0.3, -0.25) is 14.8 Å². The van der Waals surface area contributed by atoms with Crippen molar-refractivity contribution in [2.75, 3.05) is 32.7 Å². The third-order valence-corrected chi connectivity index (χ3v) is 4.31. The monoisotopic (exact) mass is 315 g/mol. The van der Waals surface area contributed by atoms with Gasteiger partial charge in [-0.2, -0.15) is 0 Å². The highest BCUT2D eigenvalue weighted by Crippen LogP contribution is 2.16. The van der Waals surface area contributed by atoms with Gasteiger partial charge in [0.05, 0.1) is 6.10 Å². The van der Waals surface area contributed by atoms with Gasteiger partial charge in [0, 0.05) is 51.7 Å². The molecule has 1 aliphatic heterocycles. The van der Waals surface area contributed by atoms with Crippen molar-refractivity contribution >= 4 is 0 Å². The molecule has 1 fully saturated rings. The molecule has 1 atom stereocenters. The van der Waals surface area contributed by atoms with E-state index in [1.807, 2.05) is 24.5 Å². The van der Waals surface area contributed by atoms with E-state index in [0.29, 0.717) is 6.54 Å². The Hall–Kier alpha value is -1.82.